The Morgan fingerprint density at radius 3 is 2.63 bits per heavy atom. The van der Waals surface area contributed by atoms with Crippen LogP contribution in [0.3, 0.4) is 0 Å². The van der Waals surface area contributed by atoms with Crippen LogP contribution in [0.25, 0.3) is 0 Å². The Bertz CT molecular complexity index is 358. The number of benzene rings is 1. The molecule has 0 aliphatic carbocycles. The SMILES string of the molecule is O[C@H]1[C@@H](O)CN[C@@H]1CNCCCCc1ccccc1. The maximum Gasteiger partial charge on any atom is 0.0976 e. The van der Waals surface area contributed by atoms with Gasteiger partial charge in [-0.25, -0.2) is 0 Å². The van der Waals surface area contributed by atoms with Crippen molar-refractivity contribution in [2.24, 2.45) is 0 Å². The number of nitrogens with one attached hydrogen (secondary N) is 2. The van der Waals surface area contributed by atoms with Crippen molar-refractivity contribution in [3.8, 4) is 0 Å². The van der Waals surface area contributed by atoms with Crippen molar-refractivity contribution in [2.45, 2.75) is 37.5 Å². The lowest BCUT2D eigenvalue weighted by molar-refractivity contribution is 0.0407. The molecule has 1 aliphatic heterocycles. The van der Waals surface area contributed by atoms with Gasteiger partial charge in [0.1, 0.15) is 0 Å². The Labute approximate surface area is 114 Å². The van der Waals surface area contributed by atoms with Crippen molar-refractivity contribution in [1.82, 2.24) is 10.6 Å². The number of aliphatic hydroxyl groups is 2. The van der Waals surface area contributed by atoms with E-state index in [0.717, 1.165) is 19.4 Å². The normalized spacial score (nSPS) is 26.7. The fraction of sp³-hybridized carbons (Fsp3) is 0.600. The van der Waals surface area contributed by atoms with Crippen molar-refractivity contribution >= 4 is 0 Å². The van der Waals surface area contributed by atoms with E-state index in [9.17, 15) is 10.2 Å². The maximum atomic E-state index is 9.66. The second kappa shape index (κ2) is 7.60. The molecule has 0 bridgehead atoms. The smallest absolute Gasteiger partial charge is 0.0976 e. The average Bonchev–Trinajstić information content (AvgIpc) is 2.75. The zero-order valence-corrected chi connectivity index (χ0v) is 11.3. The Hall–Kier alpha value is -0.940. The molecular formula is C15H24N2O2. The summed E-state index contributed by atoms with van der Waals surface area (Å²) in [6, 6.07) is 10.5. The van der Waals surface area contributed by atoms with Gasteiger partial charge >= 0.3 is 0 Å². The summed E-state index contributed by atoms with van der Waals surface area (Å²) in [4.78, 5) is 0. The van der Waals surface area contributed by atoms with Gasteiger partial charge in [0.15, 0.2) is 0 Å². The molecular weight excluding hydrogens is 240 g/mol. The Kier molecular flexibility index (Phi) is 5.79. The highest BCUT2D eigenvalue weighted by Crippen LogP contribution is 2.07. The van der Waals surface area contributed by atoms with E-state index in [0.29, 0.717) is 13.1 Å². The molecule has 0 aromatic heterocycles. The van der Waals surface area contributed by atoms with E-state index in [1.54, 1.807) is 0 Å². The minimum absolute atomic E-state index is 0.0240. The molecule has 0 unspecified atom stereocenters. The molecule has 0 saturated carbocycles. The standard InChI is InChI=1S/C15H24N2O2/c18-14-11-17-13(15(14)19)10-16-9-5-4-8-12-6-2-1-3-7-12/h1-3,6-7,13-19H,4-5,8-11H2/t13-,14+,15-/m1/s1. The van der Waals surface area contributed by atoms with Crippen molar-refractivity contribution < 1.29 is 10.2 Å². The summed E-state index contributed by atoms with van der Waals surface area (Å²) in [5.41, 5.74) is 1.39. The van der Waals surface area contributed by atoms with E-state index < -0.39 is 12.2 Å². The van der Waals surface area contributed by atoms with Crippen LogP contribution >= 0.6 is 0 Å². The monoisotopic (exact) mass is 264 g/mol. The Balaban J connectivity index is 1.51. The second-order valence-corrected chi connectivity index (χ2v) is 5.22. The molecule has 4 nitrogen and oxygen atoms in total. The predicted octanol–water partition coefficient (Wildman–Crippen LogP) is 0.293. The highest BCUT2D eigenvalue weighted by Gasteiger charge is 2.32. The highest BCUT2D eigenvalue weighted by molar-refractivity contribution is 5.14. The van der Waals surface area contributed by atoms with Gasteiger partial charge in [0.05, 0.1) is 12.2 Å². The van der Waals surface area contributed by atoms with Gasteiger partial charge in [-0.15, -0.1) is 0 Å². The molecule has 1 aromatic rings. The lowest BCUT2D eigenvalue weighted by Gasteiger charge is -2.16. The largest absolute Gasteiger partial charge is 0.389 e. The third kappa shape index (κ3) is 4.58. The molecule has 1 aromatic carbocycles. The summed E-state index contributed by atoms with van der Waals surface area (Å²) >= 11 is 0. The number of β-amino-alcohol motifs (C(OH)–C–C–N with tert-alkyl or cyclic N) is 1. The van der Waals surface area contributed by atoms with Crippen molar-refractivity contribution in [2.75, 3.05) is 19.6 Å². The maximum absolute atomic E-state index is 9.66. The zero-order chi connectivity index (χ0) is 13.5. The molecule has 0 radical (unpaired) electrons. The number of rotatable bonds is 7. The summed E-state index contributed by atoms with van der Waals surface area (Å²) in [6.45, 7) is 2.15. The third-order valence-electron chi connectivity index (χ3n) is 3.67. The molecule has 1 aliphatic rings. The third-order valence-corrected chi connectivity index (χ3v) is 3.67. The molecule has 1 saturated heterocycles. The molecule has 1 heterocycles. The second-order valence-electron chi connectivity index (χ2n) is 5.22. The molecule has 4 N–H and O–H groups in total. The molecule has 4 heteroatoms. The summed E-state index contributed by atoms with van der Waals surface area (Å²) in [6.07, 6.45) is 2.15. The number of aryl methyl sites for hydroxylation is 1. The number of hydrogen-bond donors (Lipinski definition) is 4. The topological polar surface area (TPSA) is 64.5 Å². The van der Waals surface area contributed by atoms with Crippen LogP contribution < -0.4 is 10.6 Å². The van der Waals surface area contributed by atoms with Gasteiger partial charge in [0.25, 0.3) is 0 Å². The van der Waals surface area contributed by atoms with Gasteiger partial charge in [-0.1, -0.05) is 30.3 Å². The minimum Gasteiger partial charge on any atom is -0.389 e. The van der Waals surface area contributed by atoms with Crippen molar-refractivity contribution in [1.29, 1.82) is 0 Å². The molecule has 2 rings (SSSR count). The summed E-state index contributed by atoms with van der Waals surface area (Å²) in [5, 5.41) is 25.5. The van der Waals surface area contributed by atoms with Crippen LogP contribution in [-0.2, 0) is 6.42 Å². The lowest BCUT2D eigenvalue weighted by Crippen LogP contribution is -2.41. The minimum atomic E-state index is -0.642. The van der Waals surface area contributed by atoms with E-state index in [-0.39, 0.29) is 6.04 Å². The number of aliphatic hydroxyl groups excluding tert-OH is 2. The lowest BCUT2D eigenvalue weighted by atomic mass is 10.1. The first kappa shape index (κ1) is 14.5. The van der Waals surface area contributed by atoms with Crippen LogP contribution in [-0.4, -0.2) is 48.1 Å². The van der Waals surface area contributed by atoms with Crippen LogP contribution in [0.15, 0.2) is 30.3 Å². The molecule has 106 valence electrons. The highest BCUT2D eigenvalue weighted by atomic mass is 16.3. The summed E-state index contributed by atoms with van der Waals surface area (Å²) in [5.74, 6) is 0. The van der Waals surface area contributed by atoms with E-state index in [4.69, 9.17) is 0 Å². The van der Waals surface area contributed by atoms with Crippen LogP contribution in [0.2, 0.25) is 0 Å². The number of hydrogen-bond acceptors (Lipinski definition) is 4. The summed E-state index contributed by atoms with van der Waals surface area (Å²) < 4.78 is 0. The van der Waals surface area contributed by atoms with Crippen molar-refractivity contribution in [3.05, 3.63) is 35.9 Å². The van der Waals surface area contributed by atoms with Gasteiger partial charge in [-0.3, -0.25) is 0 Å². The van der Waals surface area contributed by atoms with Gasteiger partial charge in [0, 0.05) is 19.1 Å². The van der Waals surface area contributed by atoms with E-state index in [2.05, 4.69) is 34.9 Å². The Morgan fingerprint density at radius 2 is 1.95 bits per heavy atom. The van der Waals surface area contributed by atoms with Gasteiger partial charge in [-0.2, -0.15) is 0 Å². The molecule has 0 spiro atoms. The number of unbranched alkanes of at least 4 members (excludes halogenated alkanes) is 1. The van der Waals surface area contributed by atoms with E-state index >= 15 is 0 Å². The fourth-order valence-corrected chi connectivity index (χ4v) is 2.46. The molecule has 1 fully saturated rings. The first-order valence-corrected chi connectivity index (χ1v) is 7.11. The van der Waals surface area contributed by atoms with Crippen LogP contribution in [0.1, 0.15) is 18.4 Å². The molecule has 19 heavy (non-hydrogen) atoms. The average molecular weight is 264 g/mol. The predicted molar refractivity (Wildman–Crippen MR) is 76.1 cm³/mol. The van der Waals surface area contributed by atoms with Crippen LogP contribution in [0, 0.1) is 0 Å². The fourth-order valence-electron chi connectivity index (χ4n) is 2.46. The van der Waals surface area contributed by atoms with Crippen molar-refractivity contribution in [3.63, 3.8) is 0 Å². The Morgan fingerprint density at radius 1 is 1.16 bits per heavy atom. The first-order chi connectivity index (χ1) is 9.27. The van der Waals surface area contributed by atoms with Crippen LogP contribution in [0.5, 0.6) is 0 Å². The van der Waals surface area contributed by atoms with E-state index in [1.165, 1.54) is 12.0 Å². The van der Waals surface area contributed by atoms with Crippen LogP contribution in [0.4, 0.5) is 0 Å². The summed E-state index contributed by atoms with van der Waals surface area (Å²) in [7, 11) is 0. The van der Waals surface area contributed by atoms with Gasteiger partial charge in [-0.05, 0) is 31.4 Å². The molecule has 3 atom stereocenters. The zero-order valence-electron chi connectivity index (χ0n) is 11.3. The van der Waals surface area contributed by atoms with Gasteiger partial charge < -0.3 is 20.8 Å². The molecule has 0 amide bonds. The van der Waals surface area contributed by atoms with Gasteiger partial charge in [0.2, 0.25) is 0 Å². The first-order valence-electron chi connectivity index (χ1n) is 7.11. The quantitative estimate of drug-likeness (QED) is 0.535. The van der Waals surface area contributed by atoms with E-state index in [1.807, 2.05) is 6.07 Å².